The lowest BCUT2D eigenvalue weighted by Gasteiger charge is -2.37. The third kappa shape index (κ3) is 1.51. The molecule has 3 N–H and O–H groups in total. The summed E-state index contributed by atoms with van der Waals surface area (Å²) in [5.41, 5.74) is -1.43. The number of benzene rings is 1. The van der Waals surface area contributed by atoms with E-state index in [4.69, 9.17) is 9.47 Å². The molecule has 1 aromatic rings. The largest absolute Gasteiger partial charge is 0.507 e. The summed E-state index contributed by atoms with van der Waals surface area (Å²) in [5, 5.41) is 30.7. The minimum atomic E-state index is -1.64. The lowest BCUT2D eigenvalue weighted by molar-refractivity contribution is -0.0979. The monoisotopic (exact) mass is 266 g/mol. The number of aliphatic hydroxyl groups is 2. The summed E-state index contributed by atoms with van der Waals surface area (Å²) in [4.78, 5) is 12.3. The molecule has 1 fully saturated rings. The van der Waals surface area contributed by atoms with E-state index in [2.05, 4.69) is 0 Å². The van der Waals surface area contributed by atoms with Crippen molar-refractivity contribution in [2.24, 2.45) is 5.92 Å². The van der Waals surface area contributed by atoms with Gasteiger partial charge in [-0.25, -0.2) is 0 Å². The standard InChI is InChI=1S/C13H14O6/c1-18-6-2-7-10(9(14)3-6)11(15)8-4-19-5-13(8,17)12(7)16/h2-3,8,12,14,16-17H,4-5H2,1H3/t8-,12+,13+/m0/s1. The number of rotatable bonds is 1. The Labute approximate surface area is 109 Å². The lowest BCUT2D eigenvalue weighted by Crippen LogP contribution is -2.50. The molecule has 3 rings (SSSR count). The van der Waals surface area contributed by atoms with Crippen molar-refractivity contribution < 1.29 is 29.6 Å². The van der Waals surface area contributed by atoms with E-state index in [0.717, 1.165) is 0 Å². The van der Waals surface area contributed by atoms with Crippen LogP contribution in [0.4, 0.5) is 0 Å². The van der Waals surface area contributed by atoms with Gasteiger partial charge in [-0.3, -0.25) is 4.79 Å². The number of carbonyl (C=O) groups is 1. The second-order valence-electron chi connectivity index (χ2n) is 4.94. The summed E-state index contributed by atoms with van der Waals surface area (Å²) in [6, 6.07) is 2.76. The second-order valence-corrected chi connectivity index (χ2v) is 4.94. The summed E-state index contributed by atoms with van der Waals surface area (Å²) in [7, 11) is 1.41. The molecule has 1 saturated heterocycles. The van der Waals surface area contributed by atoms with Gasteiger partial charge in [0, 0.05) is 11.6 Å². The first-order valence-electron chi connectivity index (χ1n) is 5.92. The average molecular weight is 266 g/mol. The highest BCUT2D eigenvalue weighted by Crippen LogP contribution is 2.47. The molecule has 1 aliphatic carbocycles. The first kappa shape index (κ1) is 12.4. The molecule has 102 valence electrons. The van der Waals surface area contributed by atoms with Gasteiger partial charge in [-0.15, -0.1) is 0 Å². The molecule has 0 radical (unpaired) electrons. The van der Waals surface area contributed by atoms with E-state index < -0.39 is 23.4 Å². The molecule has 1 aliphatic heterocycles. The third-order valence-electron chi connectivity index (χ3n) is 3.91. The molecule has 0 aromatic heterocycles. The van der Waals surface area contributed by atoms with Crippen LogP contribution in [0.5, 0.6) is 11.5 Å². The number of carbonyl (C=O) groups excluding carboxylic acids is 1. The van der Waals surface area contributed by atoms with Crippen molar-refractivity contribution in [3.8, 4) is 11.5 Å². The van der Waals surface area contributed by atoms with Gasteiger partial charge in [-0.05, 0) is 6.07 Å². The normalized spacial score (nSPS) is 32.9. The van der Waals surface area contributed by atoms with Gasteiger partial charge >= 0.3 is 0 Å². The smallest absolute Gasteiger partial charge is 0.175 e. The fourth-order valence-electron chi connectivity index (χ4n) is 2.82. The number of hydrogen-bond donors (Lipinski definition) is 3. The van der Waals surface area contributed by atoms with Crippen molar-refractivity contribution in [1.82, 2.24) is 0 Å². The number of aromatic hydroxyl groups is 1. The van der Waals surface area contributed by atoms with Crippen LogP contribution in [0.2, 0.25) is 0 Å². The van der Waals surface area contributed by atoms with Gasteiger partial charge < -0.3 is 24.8 Å². The summed E-state index contributed by atoms with van der Waals surface area (Å²) in [6.45, 7) is -0.0702. The lowest BCUT2D eigenvalue weighted by atomic mass is 9.71. The topological polar surface area (TPSA) is 96.2 Å². The Bertz CT molecular complexity index is 554. The number of fused-ring (bicyclic) bond motifs is 2. The number of aliphatic hydroxyl groups excluding tert-OH is 1. The summed E-state index contributed by atoms with van der Waals surface area (Å²) < 4.78 is 10.1. The Kier molecular flexibility index (Phi) is 2.57. The predicted octanol–water partition coefficient (Wildman–Crippen LogP) is 0.00800. The van der Waals surface area contributed by atoms with Crippen molar-refractivity contribution in [3.05, 3.63) is 23.3 Å². The molecule has 0 saturated carbocycles. The van der Waals surface area contributed by atoms with E-state index >= 15 is 0 Å². The van der Waals surface area contributed by atoms with Gasteiger partial charge in [0.2, 0.25) is 0 Å². The highest BCUT2D eigenvalue weighted by Gasteiger charge is 2.57. The first-order chi connectivity index (χ1) is 8.99. The Morgan fingerprint density at radius 3 is 2.89 bits per heavy atom. The molecular formula is C13H14O6. The highest BCUT2D eigenvalue weighted by molar-refractivity contribution is 6.04. The molecular weight excluding hydrogens is 252 g/mol. The quantitative estimate of drug-likeness (QED) is 0.662. The zero-order chi connectivity index (χ0) is 13.8. The van der Waals surface area contributed by atoms with Gasteiger partial charge in [0.25, 0.3) is 0 Å². The fraction of sp³-hybridized carbons (Fsp3) is 0.462. The maximum absolute atomic E-state index is 12.3. The molecule has 3 atom stereocenters. The molecule has 6 nitrogen and oxygen atoms in total. The molecule has 2 aliphatic rings. The molecule has 0 amide bonds. The Hall–Kier alpha value is -1.63. The average Bonchev–Trinajstić information content (AvgIpc) is 2.79. The van der Waals surface area contributed by atoms with E-state index in [9.17, 15) is 20.1 Å². The molecule has 0 unspecified atom stereocenters. The highest BCUT2D eigenvalue weighted by atomic mass is 16.5. The first-order valence-corrected chi connectivity index (χ1v) is 5.92. The predicted molar refractivity (Wildman–Crippen MR) is 63.2 cm³/mol. The van der Waals surface area contributed by atoms with Gasteiger partial charge in [0.1, 0.15) is 23.2 Å². The minimum absolute atomic E-state index is 0.0356. The fourth-order valence-corrected chi connectivity index (χ4v) is 2.82. The number of ketones is 1. The van der Waals surface area contributed by atoms with Crippen LogP contribution >= 0.6 is 0 Å². The molecule has 0 bridgehead atoms. The minimum Gasteiger partial charge on any atom is -0.507 e. The Morgan fingerprint density at radius 1 is 1.47 bits per heavy atom. The third-order valence-corrected chi connectivity index (χ3v) is 3.91. The summed E-state index contributed by atoms with van der Waals surface area (Å²) >= 11 is 0. The maximum Gasteiger partial charge on any atom is 0.175 e. The maximum atomic E-state index is 12.3. The van der Waals surface area contributed by atoms with E-state index in [-0.39, 0.29) is 30.1 Å². The summed E-state index contributed by atoms with van der Waals surface area (Å²) in [5.74, 6) is -1.22. The van der Waals surface area contributed by atoms with Crippen molar-refractivity contribution in [2.45, 2.75) is 11.7 Å². The zero-order valence-electron chi connectivity index (χ0n) is 10.3. The van der Waals surface area contributed by atoms with Gasteiger partial charge in [0.15, 0.2) is 5.78 Å². The molecule has 1 heterocycles. The van der Waals surface area contributed by atoms with Gasteiger partial charge in [-0.2, -0.15) is 0 Å². The number of phenolic OH excluding ortho intramolecular Hbond substituents is 1. The van der Waals surface area contributed by atoms with Gasteiger partial charge in [0.05, 0.1) is 31.8 Å². The molecule has 19 heavy (non-hydrogen) atoms. The Morgan fingerprint density at radius 2 is 2.21 bits per heavy atom. The SMILES string of the molecule is COc1cc(O)c2c(c1)[C@@H](O)[C@@]1(O)COC[C@H]1C2=O. The van der Waals surface area contributed by atoms with Crippen molar-refractivity contribution in [1.29, 1.82) is 0 Å². The van der Waals surface area contributed by atoms with Crippen LogP contribution in [0, 0.1) is 5.92 Å². The van der Waals surface area contributed by atoms with Crippen LogP contribution in [0.3, 0.4) is 0 Å². The van der Waals surface area contributed by atoms with E-state index in [1.807, 2.05) is 0 Å². The van der Waals surface area contributed by atoms with E-state index in [1.54, 1.807) is 0 Å². The van der Waals surface area contributed by atoms with Crippen LogP contribution in [0.25, 0.3) is 0 Å². The number of phenols is 1. The van der Waals surface area contributed by atoms with Crippen molar-refractivity contribution in [2.75, 3.05) is 20.3 Å². The molecule has 0 spiro atoms. The van der Waals surface area contributed by atoms with Crippen LogP contribution in [-0.2, 0) is 4.74 Å². The number of methoxy groups -OCH3 is 1. The number of hydrogen-bond acceptors (Lipinski definition) is 6. The van der Waals surface area contributed by atoms with Crippen molar-refractivity contribution in [3.63, 3.8) is 0 Å². The Balaban J connectivity index is 2.22. The van der Waals surface area contributed by atoms with Crippen LogP contribution in [-0.4, -0.2) is 47.0 Å². The molecule has 6 heteroatoms. The number of Topliss-reactive ketones (excluding diaryl/α,β-unsaturated/α-hetero) is 1. The van der Waals surface area contributed by atoms with Crippen molar-refractivity contribution >= 4 is 5.78 Å². The van der Waals surface area contributed by atoms with Crippen LogP contribution < -0.4 is 4.74 Å². The zero-order valence-corrected chi connectivity index (χ0v) is 10.3. The number of ether oxygens (including phenoxy) is 2. The van der Waals surface area contributed by atoms with E-state index in [1.165, 1.54) is 19.2 Å². The summed E-state index contributed by atoms with van der Waals surface area (Å²) in [6.07, 6.45) is -1.30. The van der Waals surface area contributed by atoms with E-state index in [0.29, 0.717) is 5.75 Å². The molecule has 1 aromatic carbocycles. The second kappa shape index (κ2) is 3.93. The van der Waals surface area contributed by atoms with Crippen LogP contribution in [0.1, 0.15) is 22.0 Å². The van der Waals surface area contributed by atoms with Crippen LogP contribution in [0.15, 0.2) is 12.1 Å². The van der Waals surface area contributed by atoms with Gasteiger partial charge in [-0.1, -0.05) is 0 Å².